The number of phenolic OH excluding ortho intramolecular Hbond substituents is 1. The number of hydrogen-bond acceptors (Lipinski definition) is 6. The van der Waals surface area contributed by atoms with Crippen molar-refractivity contribution in [2.45, 2.75) is 6.61 Å². The number of phenols is 1. The summed E-state index contributed by atoms with van der Waals surface area (Å²) < 4.78 is 24.1. The minimum absolute atomic E-state index is 0.0129. The van der Waals surface area contributed by atoms with E-state index in [-0.39, 0.29) is 18.2 Å². The molecule has 0 spiro atoms. The molecule has 7 heteroatoms. The molecule has 0 saturated heterocycles. The maximum Gasteiger partial charge on any atom is 0.162 e. The molecule has 1 heterocycles. The Balaban J connectivity index is 1.49. The molecule has 0 unspecified atom stereocenters. The number of halogens is 1. The van der Waals surface area contributed by atoms with Gasteiger partial charge in [-0.2, -0.15) is 0 Å². The molecular weight excluding hydrogens is 373 g/mol. The summed E-state index contributed by atoms with van der Waals surface area (Å²) in [6.07, 6.45) is 1.44. The van der Waals surface area contributed by atoms with E-state index in [0.717, 1.165) is 11.3 Å². The largest absolute Gasteiger partial charge is 0.504 e. The van der Waals surface area contributed by atoms with Gasteiger partial charge in [0.1, 0.15) is 30.3 Å². The Morgan fingerprint density at radius 2 is 1.86 bits per heavy atom. The number of rotatable bonds is 6. The predicted octanol–water partition coefficient (Wildman–Crippen LogP) is 4.81. The lowest BCUT2D eigenvalue weighted by Crippen LogP contribution is -1.98. The first-order chi connectivity index (χ1) is 14.1. The smallest absolute Gasteiger partial charge is 0.162 e. The minimum atomic E-state index is -0.286. The lowest BCUT2D eigenvalue weighted by atomic mass is 10.2. The molecular formula is C22H18FN3O3. The number of fused-ring (bicyclic) bond motifs is 1. The van der Waals surface area contributed by atoms with Gasteiger partial charge in [-0.25, -0.2) is 14.4 Å². The molecule has 4 rings (SSSR count). The summed E-state index contributed by atoms with van der Waals surface area (Å²) in [5.41, 5.74) is 2.19. The van der Waals surface area contributed by atoms with Crippen molar-refractivity contribution in [2.24, 2.45) is 0 Å². The van der Waals surface area contributed by atoms with Crippen molar-refractivity contribution in [3.8, 4) is 17.2 Å². The van der Waals surface area contributed by atoms with Gasteiger partial charge in [0.15, 0.2) is 11.5 Å². The maximum atomic E-state index is 13.2. The van der Waals surface area contributed by atoms with Crippen LogP contribution in [0.4, 0.5) is 15.9 Å². The number of ether oxygens (including phenoxy) is 2. The van der Waals surface area contributed by atoms with Crippen molar-refractivity contribution in [3.63, 3.8) is 0 Å². The van der Waals surface area contributed by atoms with Gasteiger partial charge in [-0.15, -0.1) is 0 Å². The number of aromatic hydroxyl groups is 1. The fourth-order valence-corrected chi connectivity index (χ4v) is 2.90. The zero-order valence-electron chi connectivity index (χ0n) is 15.6. The number of anilines is 2. The number of benzene rings is 3. The van der Waals surface area contributed by atoms with Gasteiger partial charge in [0.05, 0.1) is 12.6 Å². The first-order valence-electron chi connectivity index (χ1n) is 8.88. The lowest BCUT2D eigenvalue weighted by molar-refractivity contribution is 0.305. The first-order valence-corrected chi connectivity index (χ1v) is 8.88. The van der Waals surface area contributed by atoms with Crippen molar-refractivity contribution in [1.82, 2.24) is 9.97 Å². The lowest BCUT2D eigenvalue weighted by Gasteiger charge is -2.11. The van der Waals surface area contributed by atoms with Crippen molar-refractivity contribution in [1.29, 1.82) is 0 Å². The van der Waals surface area contributed by atoms with Crippen LogP contribution in [-0.4, -0.2) is 22.2 Å². The number of methoxy groups -OCH3 is 1. The summed E-state index contributed by atoms with van der Waals surface area (Å²) in [4.78, 5) is 8.48. The number of hydrogen-bond donors (Lipinski definition) is 2. The summed E-state index contributed by atoms with van der Waals surface area (Å²) in [5, 5.41) is 13.9. The van der Waals surface area contributed by atoms with E-state index in [1.807, 2.05) is 30.3 Å². The van der Waals surface area contributed by atoms with Crippen LogP contribution in [0.1, 0.15) is 5.56 Å². The second kappa shape index (κ2) is 8.02. The third-order valence-electron chi connectivity index (χ3n) is 4.35. The van der Waals surface area contributed by atoms with E-state index >= 15 is 0 Å². The maximum absolute atomic E-state index is 13.2. The van der Waals surface area contributed by atoms with Crippen molar-refractivity contribution >= 4 is 22.4 Å². The summed E-state index contributed by atoms with van der Waals surface area (Å²) in [6.45, 7) is 0.280. The highest BCUT2D eigenvalue weighted by Gasteiger charge is 2.10. The van der Waals surface area contributed by atoms with Crippen LogP contribution in [-0.2, 0) is 6.61 Å². The molecule has 1 aromatic heterocycles. The van der Waals surface area contributed by atoms with Gasteiger partial charge in [-0.1, -0.05) is 12.1 Å². The Morgan fingerprint density at radius 1 is 1.03 bits per heavy atom. The SMILES string of the molecule is COc1cc2ncnc(Nc3ccc(OCc4cccc(F)c4)cc3)c2cc1O. The molecule has 0 radical (unpaired) electrons. The number of aromatic nitrogens is 2. The van der Waals surface area contributed by atoms with E-state index < -0.39 is 0 Å². The number of nitrogens with one attached hydrogen (secondary N) is 1. The number of nitrogens with zero attached hydrogens (tertiary/aromatic N) is 2. The Hall–Kier alpha value is -3.87. The average molecular weight is 391 g/mol. The molecule has 0 aliphatic rings. The molecule has 2 N–H and O–H groups in total. The standard InChI is InChI=1S/C22H18FN3O3/c1-28-21-11-19-18(10-20(21)27)22(25-13-24-19)26-16-5-7-17(8-6-16)29-12-14-3-2-4-15(23)9-14/h2-11,13,27H,12H2,1H3,(H,24,25,26). The van der Waals surface area contributed by atoms with Gasteiger partial charge in [-0.3, -0.25) is 0 Å². The second-order valence-corrected chi connectivity index (χ2v) is 6.33. The van der Waals surface area contributed by atoms with E-state index in [2.05, 4.69) is 15.3 Å². The molecule has 146 valence electrons. The monoisotopic (exact) mass is 391 g/mol. The van der Waals surface area contributed by atoms with Crippen LogP contribution in [0, 0.1) is 5.82 Å². The van der Waals surface area contributed by atoms with Crippen molar-refractivity contribution < 1.29 is 19.0 Å². The Morgan fingerprint density at radius 3 is 2.62 bits per heavy atom. The third kappa shape index (κ3) is 4.19. The Bertz CT molecular complexity index is 1150. The molecule has 29 heavy (non-hydrogen) atoms. The highest BCUT2D eigenvalue weighted by Crippen LogP contribution is 2.33. The fourth-order valence-electron chi connectivity index (χ4n) is 2.90. The minimum Gasteiger partial charge on any atom is -0.504 e. The van der Waals surface area contributed by atoms with Gasteiger partial charge in [0, 0.05) is 17.1 Å². The molecule has 0 atom stereocenters. The van der Waals surface area contributed by atoms with Crippen LogP contribution >= 0.6 is 0 Å². The van der Waals surface area contributed by atoms with E-state index in [1.165, 1.54) is 25.6 Å². The molecule has 0 fully saturated rings. The van der Waals surface area contributed by atoms with Crippen LogP contribution in [0.2, 0.25) is 0 Å². The second-order valence-electron chi connectivity index (χ2n) is 6.33. The molecule has 0 aliphatic heterocycles. The molecule has 0 bridgehead atoms. The highest BCUT2D eigenvalue weighted by atomic mass is 19.1. The van der Waals surface area contributed by atoms with Crippen LogP contribution in [0.3, 0.4) is 0 Å². The molecule has 6 nitrogen and oxygen atoms in total. The topological polar surface area (TPSA) is 76.5 Å². The van der Waals surface area contributed by atoms with Crippen LogP contribution in [0.15, 0.2) is 67.0 Å². The predicted molar refractivity (Wildman–Crippen MR) is 108 cm³/mol. The zero-order valence-corrected chi connectivity index (χ0v) is 15.6. The summed E-state index contributed by atoms with van der Waals surface area (Å²) in [6, 6.07) is 16.8. The molecule has 0 aliphatic carbocycles. The van der Waals surface area contributed by atoms with Crippen LogP contribution in [0.25, 0.3) is 10.9 Å². The summed E-state index contributed by atoms with van der Waals surface area (Å²) in [7, 11) is 1.49. The molecule has 0 saturated carbocycles. The van der Waals surface area contributed by atoms with E-state index in [9.17, 15) is 9.50 Å². The van der Waals surface area contributed by atoms with Crippen molar-refractivity contribution in [3.05, 3.63) is 78.4 Å². The van der Waals surface area contributed by atoms with Gasteiger partial charge in [0.2, 0.25) is 0 Å². The van der Waals surface area contributed by atoms with Crippen LogP contribution < -0.4 is 14.8 Å². The first kappa shape index (κ1) is 18.5. The van der Waals surface area contributed by atoms with Gasteiger partial charge >= 0.3 is 0 Å². The molecule has 4 aromatic rings. The van der Waals surface area contributed by atoms with E-state index in [4.69, 9.17) is 9.47 Å². The zero-order chi connectivity index (χ0) is 20.2. The van der Waals surface area contributed by atoms with E-state index in [0.29, 0.717) is 28.2 Å². The third-order valence-corrected chi connectivity index (χ3v) is 4.35. The molecule has 0 amide bonds. The summed E-state index contributed by atoms with van der Waals surface area (Å²) >= 11 is 0. The quantitative estimate of drug-likeness (QED) is 0.491. The highest BCUT2D eigenvalue weighted by molar-refractivity contribution is 5.92. The average Bonchev–Trinajstić information content (AvgIpc) is 2.73. The van der Waals surface area contributed by atoms with Gasteiger partial charge in [-0.05, 0) is 48.0 Å². The fraction of sp³-hybridized carbons (Fsp3) is 0.0909. The van der Waals surface area contributed by atoms with Crippen molar-refractivity contribution in [2.75, 3.05) is 12.4 Å². The van der Waals surface area contributed by atoms with Gasteiger partial charge in [0.25, 0.3) is 0 Å². The Kier molecular flexibility index (Phi) is 5.11. The van der Waals surface area contributed by atoms with Gasteiger partial charge < -0.3 is 19.9 Å². The summed E-state index contributed by atoms with van der Waals surface area (Å²) in [5.74, 6) is 1.29. The van der Waals surface area contributed by atoms with Crippen LogP contribution in [0.5, 0.6) is 17.2 Å². The Labute approximate surface area is 166 Å². The van der Waals surface area contributed by atoms with E-state index in [1.54, 1.807) is 18.2 Å². The normalized spacial score (nSPS) is 10.7. The molecule has 3 aromatic carbocycles.